The predicted molar refractivity (Wildman–Crippen MR) is 104 cm³/mol. The lowest BCUT2D eigenvalue weighted by atomic mass is 9.81. The van der Waals surface area contributed by atoms with Crippen molar-refractivity contribution in [2.75, 3.05) is 26.7 Å². The lowest BCUT2D eigenvalue weighted by Gasteiger charge is -2.59. The number of hydrogen-bond acceptors (Lipinski definition) is 7. The average molecular weight is 401 g/mol. The van der Waals surface area contributed by atoms with E-state index in [-0.39, 0.29) is 18.4 Å². The Kier molecular flexibility index (Phi) is 4.96. The molecule has 4 rings (SSSR count). The van der Waals surface area contributed by atoms with E-state index in [4.69, 9.17) is 4.74 Å². The average Bonchev–Trinajstić information content (AvgIpc) is 3.06. The van der Waals surface area contributed by atoms with Crippen LogP contribution in [0.2, 0.25) is 0 Å². The van der Waals surface area contributed by atoms with Gasteiger partial charge in [0.05, 0.1) is 31.4 Å². The highest BCUT2D eigenvalue weighted by Gasteiger charge is 2.64. The minimum Gasteiger partial charge on any atom is -0.465 e. The summed E-state index contributed by atoms with van der Waals surface area (Å²) < 4.78 is 4.70. The van der Waals surface area contributed by atoms with E-state index < -0.39 is 23.7 Å². The van der Waals surface area contributed by atoms with Crippen molar-refractivity contribution in [3.8, 4) is 0 Å². The zero-order chi connectivity index (χ0) is 20.9. The van der Waals surface area contributed by atoms with Gasteiger partial charge in [0.25, 0.3) is 5.91 Å². The molecule has 3 aliphatic rings. The number of imide groups is 1. The lowest BCUT2D eigenvalue weighted by molar-refractivity contribution is -0.182. The van der Waals surface area contributed by atoms with E-state index in [1.807, 2.05) is 4.90 Å². The Morgan fingerprint density at radius 1 is 1.24 bits per heavy atom. The van der Waals surface area contributed by atoms with Gasteiger partial charge in [0.1, 0.15) is 5.54 Å². The summed E-state index contributed by atoms with van der Waals surface area (Å²) in [7, 11) is 1.32. The third-order valence-corrected chi connectivity index (χ3v) is 6.40. The smallest absolute Gasteiger partial charge is 0.337 e. The summed E-state index contributed by atoms with van der Waals surface area (Å²) in [6.45, 7) is 5.82. The van der Waals surface area contributed by atoms with Crippen LogP contribution in [0.4, 0.5) is 0 Å². The largest absolute Gasteiger partial charge is 0.465 e. The van der Waals surface area contributed by atoms with Crippen LogP contribution in [0.15, 0.2) is 24.3 Å². The first kappa shape index (κ1) is 20.0. The Morgan fingerprint density at radius 2 is 1.90 bits per heavy atom. The first-order chi connectivity index (χ1) is 13.8. The highest BCUT2D eigenvalue weighted by Crippen LogP contribution is 2.41. The molecule has 1 aromatic carbocycles. The summed E-state index contributed by atoms with van der Waals surface area (Å²) in [5.41, 5.74) is 0.439. The van der Waals surface area contributed by atoms with Crippen molar-refractivity contribution >= 4 is 17.8 Å². The number of ether oxygens (including phenoxy) is 1. The van der Waals surface area contributed by atoms with Crippen molar-refractivity contribution in [1.82, 2.24) is 14.7 Å². The summed E-state index contributed by atoms with van der Waals surface area (Å²) >= 11 is 0. The third-order valence-electron chi connectivity index (χ3n) is 6.40. The third kappa shape index (κ3) is 3.15. The van der Waals surface area contributed by atoms with Gasteiger partial charge in [-0.15, -0.1) is 0 Å². The van der Waals surface area contributed by atoms with E-state index in [1.165, 1.54) is 12.0 Å². The van der Waals surface area contributed by atoms with Crippen LogP contribution in [0.1, 0.15) is 36.2 Å². The normalized spacial score (nSPS) is 26.7. The molecule has 3 heterocycles. The molecule has 1 spiro atoms. The highest BCUT2D eigenvalue weighted by molar-refractivity contribution is 6.06. The maximum Gasteiger partial charge on any atom is 0.337 e. The van der Waals surface area contributed by atoms with Gasteiger partial charge in [-0.3, -0.25) is 24.3 Å². The molecule has 1 aromatic rings. The van der Waals surface area contributed by atoms with Gasteiger partial charge >= 0.3 is 5.97 Å². The molecule has 0 radical (unpaired) electrons. The van der Waals surface area contributed by atoms with Crippen molar-refractivity contribution in [3.63, 3.8) is 0 Å². The number of aliphatic hydroxyl groups excluding tert-OH is 1. The Labute approximate surface area is 170 Å². The van der Waals surface area contributed by atoms with Crippen LogP contribution < -0.4 is 0 Å². The zero-order valence-electron chi connectivity index (χ0n) is 17.0. The summed E-state index contributed by atoms with van der Waals surface area (Å²) in [6.07, 6.45) is -0.242. The summed E-state index contributed by atoms with van der Waals surface area (Å²) in [5.74, 6) is -0.876. The maximum atomic E-state index is 13.5. The van der Waals surface area contributed by atoms with Crippen LogP contribution in [0.3, 0.4) is 0 Å². The number of piperazine rings is 1. The van der Waals surface area contributed by atoms with Crippen LogP contribution in [0, 0.1) is 0 Å². The molecule has 1 N–H and O–H groups in total. The van der Waals surface area contributed by atoms with E-state index in [2.05, 4.69) is 18.7 Å². The molecule has 3 fully saturated rings. The number of fused-ring (bicyclic) bond motifs is 2. The number of amides is 2. The number of esters is 1. The summed E-state index contributed by atoms with van der Waals surface area (Å²) in [5, 5.41) is 10.2. The van der Waals surface area contributed by atoms with E-state index in [0.717, 1.165) is 5.56 Å². The number of carbonyl (C=O) groups excluding carboxylic acids is 3. The molecule has 8 heteroatoms. The Morgan fingerprint density at radius 3 is 2.48 bits per heavy atom. The van der Waals surface area contributed by atoms with Crippen molar-refractivity contribution in [2.24, 2.45) is 0 Å². The van der Waals surface area contributed by atoms with Crippen LogP contribution in [0.25, 0.3) is 0 Å². The van der Waals surface area contributed by atoms with Gasteiger partial charge in [-0.25, -0.2) is 4.79 Å². The van der Waals surface area contributed by atoms with Gasteiger partial charge in [0, 0.05) is 25.7 Å². The first-order valence-corrected chi connectivity index (χ1v) is 9.99. The van der Waals surface area contributed by atoms with Crippen LogP contribution in [-0.4, -0.2) is 88.1 Å². The molecule has 0 aromatic heterocycles. The number of rotatable bonds is 4. The summed E-state index contributed by atoms with van der Waals surface area (Å²) in [4.78, 5) is 43.7. The molecule has 8 nitrogen and oxygen atoms in total. The second-order valence-electron chi connectivity index (χ2n) is 8.51. The monoisotopic (exact) mass is 401 g/mol. The Bertz CT molecular complexity index is 831. The Balaban J connectivity index is 1.59. The van der Waals surface area contributed by atoms with E-state index in [0.29, 0.717) is 37.7 Å². The molecular weight excluding hydrogens is 374 g/mol. The molecule has 2 atom stereocenters. The molecule has 3 saturated heterocycles. The topological polar surface area (TPSA) is 90.4 Å². The molecular formula is C21H27N3O5. The molecule has 29 heavy (non-hydrogen) atoms. The van der Waals surface area contributed by atoms with Crippen LogP contribution in [-0.2, 0) is 20.9 Å². The van der Waals surface area contributed by atoms with Gasteiger partial charge in [0.15, 0.2) is 0 Å². The molecule has 0 saturated carbocycles. The number of methoxy groups -OCH3 is 1. The lowest BCUT2D eigenvalue weighted by Crippen LogP contribution is -2.82. The molecule has 0 unspecified atom stereocenters. The second kappa shape index (κ2) is 7.19. The van der Waals surface area contributed by atoms with Crippen molar-refractivity contribution in [2.45, 2.75) is 50.5 Å². The number of β-amino-alcohol motifs (C(OH)–C–C–N with tert-alkyl or cyclic N) is 1. The fraction of sp³-hybridized carbons (Fsp3) is 0.571. The SMILES string of the molecule is COC(=O)c1ccc(CN2C(=O)[C@@H]3C[C@@H](O)CN3C3(CN(C(C)C)C3)C2=O)cc1. The van der Waals surface area contributed by atoms with Crippen LogP contribution >= 0.6 is 0 Å². The van der Waals surface area contributed by atoms with Gasteiger partial charge in [-0.1, -0.05) is 12.1 Å². The predicted octanol–water partition coefficient (Wildman–Crippen LogP) is 0.240. The molecule has 156 valence electrons. The second-order valence-corrected chi connectivity index (χ2v) is 8.51. The minimum atomic E-state index is -0.744. The van der Waals surface area contributed by atoms with Crippen molar-refractivity contribution in [1.29, 1.82) is 0 Å². The van der Waals surface area contributed by atoms with Gasteiger partial charge in [0.2, 0.25) is 5.91 Å². The van der Waals surface area contributed by atoms with Crippen LogP contribution in [0.5, 0.6) is 0 Å². The fourth-order valence-electron chi connectivity index (χ4n) is 4.68. The zero-order valence-corrected chi connectivity index (χ0v) is 17.0. The van der Waals surface area contributed by atoms with E-state index in [1.54, 1.807) is 24.3 Å². The number of hydrogen-bond donors (Lipinski definition) is 1. The Hall–Kier alpha value is -2.29. The quantitative estimate of drug-likeness (QED) is 0.571. The maximum absolute atomic E-state index is 13.5. The first-order valence-electron chi connectivity index (χ1n) is 9.99. The van der Waals surface area contributed by atoms with Crippen molar-refractivity contribution in [3.05, 3.63) is 35.4 Å². The number of aliphatic hydroxyl groups is 1. The van der Waals surface area contributed by atoms with Gasteiger partial charge < -0.3 is 9.84 Å². The minimum absolute atomic E-state index is 0.156. The van der Waals surface area contributed by atoms with Gasteiger partial charge in [-0.05, 0) is 38.0 Å². The molecule has 2 amide bonds. The van der Waals surface area contributed by atoms with Gasteiger partial charge in [-0.2, -0.15) is 0 Å². The molecule has 3 aliphatic heterocycles. The molecule has 0 bridgehead atoms. The van der Waals surface area contributed by atoms with E-state index in [9.17, 15) is 19.5 Å². The number of nitrogens with zero attached hydrogens (tertiary/aromatic N) is 3. The van der Waals surface area contributed by atoms with E-state index >= 15 is 0 Å². The number of likely N-dealkylation sites (tertiary alicyclic amines) is 1. The number of benzene rings is 1. The standard InChI is InChI=1S/C21H27N3O5/c1-13(2)22-11-21(12-22)20(28)23(18(26)17-8-16(25)10-24(17)21)9-14-4-6-15(7-5-14)19(27)29-3/h4-7,13,16-17,25H,8-12H2,1-3H3/t16-,17+/m1/s1. The highest BCUT2D eigenvalue weighted by atomic mass is 16.5. The van der Waals surface area contributed by atoms with Crippen molar-refractivity contribution < 1.29 is 24.2 Å². The summed E-state index contributed by atoms with van der Waals surface area (Å²) in [6, 6.07) is 6.58. The number of carbonyl (C=O) groups is 3. The molecule has 0 aliphatic carbocycles. The fourth-order valence-corrected chi connectivity index (χ4v) is 4.68.